The fourth-order valence-corrected chi connectivity index (χ4v) is 7.56. The maximum Gasteiger partial charge on any atom is 0.472 e. The summed E-state index contributed by atoms with van der Waals surface area (Å²) in [5.74, 6) is 26.3. The van der Waals surface area contributed by atoms with Crippen LogP contribution in [0.25, 0.3) is 0 Å². The molecule has 22 heteroatoms. The number of esters is 2. The molecule has 0 amide bonds. The monoisotopic (exact) mass is 918 g/mol. The Labute approximate surface area is 356 Å². The summed E-state index contributed by atoms with van der Waals surface area (Å²) >= 11 is 0. The van der Waals surface area contributed by atoms with Gasteiger partial charge in [-0.2, -0.15) is 0 Å². The van der Waals surface area contributed by atoms with Crippen LogP contribution < -0.4 is 0 Å². The number of carbonyl (C=O) groups excluding carboxylic acids is 2. The zero-order valence-corrected chi connectivity index (χ0v) is 36.4. The van der Waals surface area contributed by atoms with Gasteiger partial charge in [0.05, 0.1) is 6.61 Å². The van der Waals surface area contributed by atoms with Crippen molar-refractivity contribution in [3.8, 4) is 71.0 Å². The molecule has 0 heterocycles. The fraction of sp³-hybridized carbons (Fsp3) is 0.641. The number of phosphoric acid groups is 3. The first-order valence-corrected chi connectivity index (χ1v) is 23.8. The third-order valence-electron chi connectivity index (χ3n) is 8.25. The predicted molar refractivity (Wildman–Crippen MR) is 216 cm³/mol. The fourth-order valence-electron chi connectivity index (χ4n) is 5.46. The van der Waals surface area contributed by atoms with Gasteiger partial charge in [0.15, 0.2) is 6.10 Å². The highest BCUT2D eigenvalue weighted by atomic mass is 31.2. The lowest BCUT2D eigenvalue weighted by Gasteiger charge is -2.44. The van der Waals surface area contributed by atoms with Crippen molar-refractivity contribution in [2.24, 2.45) is 0 Å². The minimum Gasteiger partial charge on any atom is -0.456 e. The van der Waals surface area contributed by atoms with Gasteiger partial charge in [-0.05, 0) is 72.5 Å². The molecule has 0 aromatic heterocycles. The second kappa shape index (κ2) is 30.5. The number of phosphoric ester groups is 3. The summed E-state index contributed by atoms with van der Waals surface area (Å²) in [4.78, 5) is 72.3. The molecule has 0 aromatic rings. The zero-order chi connectivity index (χ0) is 45.7. The number of carbonyl (C=O) groups is 2. The van der Waals surface area contributed by atoms with Crippen molar-refractivity contribution in [2.75, 3.05) is 13.2 Å². The second-order valence-corrected chi connectivity index (χ2v) is 17.0. The van der Waals surface area contributed by atoms with Crippen LogP contribution in [0, 0.1) is 71.0 Å². The average Bonchev–Trinajstić information content (AvgIpc) is 3.18. The van der Waals surface area contributed by atoms with Gasteiger partial charge in [0.25, 0.3) is 0 Å². The highest BCUT2D eigenvalue weighted by Crippen LogP contribution is 2.51. The number of aliphatic hydroxyl groups excluding tert-OH is 3. The molecule has 8 N–H and O–H groups in total. The summed E-state index contributed by atoms with van der Waals surface area (Å²) in [7, 11) is -16.7. The SMILES string of the molecule is CC#CC#CC#CC#CC#CC#CC(=O)OC[C@H](COP(=O)(O)OC1C(O)[C@H](OP(=O)(O)O)[C@H](OP(=O)(O)O)C(O)[C@@H]1O)OC(=O)CCCCCCCCCCCCCCC. The minimum atomic E-state index is -5.63. The molecule has 1 aliphatic carbocycles. The Balaban J connectivity index is 2.95. The highest BCUT2D eigenvalue weighted by Gasteiger charge is 2.56. The van der Waals surface area contributed by atoms with Crippen molar-refractivity contribution >= 4 is 35.4 Å². The number of rotatable bonds is 26. The van der Waals surface area contributed by atoms with E-state index in [1.807, 2.05) is 5.92 Å². The second-order valence-electron chi connectivity index (χ2n) is 13.3. The van der Waals surface area contributed by atoms with E-state index in [2.05, 4.69) is 81.1 Å². The molecule has 0 aliphatic heterocycles. The summed E-state index contributed by atoms with van der Waals surface area (Å²) in [6, 6.07) is 0. The summed E-state index contributed by atoms with van der Waals surface area (Å²) in [6.45, 7) is 1.99. The van der Waals surface area contributed by atoms with Gasteiger partial charge in [0, 0.05) is 12.3 Å². The molecule has 0 spiro atoms. The molecule has 1 saturated carbocycles. The molecule has 0 bridgehead atoms. The molecule has 0 saturated heterocycles. The lowest BCUT2D eigenvalue weighted by molar-refractivity contribution is -0.213. The van der Waals surface area contributed by atoms with Gasteiger partial charge >= 0.3 is 35.4 Å². The minimum absolute atomic E-state index is 0.0765. The summed E-state index contributed by atoms with van der Waals surface area (Å²) < 4.78 is 64.5. The van der Waals surface area contributed by atoms with E-state index in [-0.39, 0.29) is 6.42 Å². The lowest BCUT2D eigenvalue weighted by Crippen LogP contribution is -2.65. The first kappa shape index (κ1) is 55.5. The van der Waals surface area contributed by atoms with Crippen LogP contribution in [0.5, 0.6) is 0 Å². The van der Waals surface area contributed by atoms with Crippen molar-refractivity contribution in [2.45, 2.75) is 146 Å². The number of unbranched alkanes of at least 4 members (excludes halogenated alkanes) is 12. The molecule has 19 nitrogen and oxygen atoms in total. The predicted octanol–water partition coefficient (Wildman–Crippen LogP) is 2.52. The third kappa shape index (κ3) is 27.2. The normalized spacial score (nSPS) is 20.9. The maximum atomic E-state index is 13.0. The molecule has 4 unspecified atom stereocenters. The number of aliphatic hydroxyl groups is 3. The molecule has 8 atom stereocenters. The molecule has 1 fully saturated rings. The number of hydrogen-bond donors (Lipinski definition) is 8. The van der Waals surface area contributed by atoms with Gasteiger partial charge in [-0.1, -0.05) is 89.9 Å². The van der Waals surface area contributed by atoms with Gasteiger partial charge < -0.3 is 49.3 Å². The van der Waals surface area contributed by atoms with Crippen LogP contribution in [-0.2, 0) is 50.9 Å². The van der Waals surface area contributed by atoms with Crippen LogP contribution in [0.15, 0.2) is 0 Å². The van der Waals surface area contributed by atoms with E-state index in [0.29, 0.717) is 12.8 Å². The van der Waals surface area contributed by atoms with E-state index in [4.69, 9.17) is 18.5 Å². The standard InChI is InChI=1S/C39H53O19P3/c1-3-5-7-9-11-13-15-16-18-20-22-24-26-28-33(41)55-31(29-53-32(40)27-25-23-21-19-17-14-12-10-8-6-4-2)30-54-61(51,52)58-37-34(42)35(43)38(56-59(45,46)47)39(36(37)44)57-60(48,49)50/h31,34-39,42-44H,3,5,7,9,11,13,15-16,18,20,22,24,26,28-30H2,1-2H3,(H,51,52)(H2,45,46,47)(H2,48,49,50)/t31-,34+,35?,36?,37?,38-,39+/m1/s1. The average molecular weight is 919 g/mol. The topological polar surface area (TPSA) is 303 Å². The van der Waals surface area contributed by atoms with Crippen molar-refractivity contribution in [1.29, 1.82) is 0 Å². The van der Waals surface area contributed by atoms with Crippen LogP contribution in [0.4, 0.5) is 0 Å². The van der Waals surface area contributed by atoms with E-state index in [9.17, 15) is 63.1 Å². The summed E-state index contributed by atoms with van der Waals surface area (Å²) in [5, 5.41) is 31.7. The van der Waals surface area contributed by atoms with Crippen molar-refractivity contribution in [1.82, 2.24) is 0 Å². The molecular formula is C39H53O19P3. The van der Waals surface area contributed by atoms with E-state index in [1.54, 1.807) is 6.92 Å². The molecule has 1 rings (SSSR count). The van der Waals surface area contributed by atoms with E-state index in [1.165, 1.54) is 44.9 Å². The number of ether oxygens (including phenoxy) is 2. The van der Waals surface area contributed by atoms with E-state index >= 15 is 0 Å². The summed E-state index contributed by atoms with van der Waals surface area (Å²) in [5.41, 5.74) is 0. The van der Waals surface area contributed by atoms with Crippen molar-refractivity contribution in [3.63, 3.8) is 0 Å². The van der Waals surface area contributed by atoms with Crippen LogP contribution >= 0.6 is 23.5 Å². The Bertz CT molecular complexity index is 1930. The third-order valence-corrected chi connectivity index (χ3v) is 10.3. The van der Waals surface area contributed by atoms with Crippen LogP contribution in [0.1, 0.15) is 104 Å². The maximum absolute atomic E-state index is 13.0. The molecule has 338 valence electrons. The van der Waals surface area contributed by atoms with Crippen LogP contribution in [-0.4, -0.2) is 108 Å². The van der Waals surface area contributed by atoms with Gasteiger partial charge in [0.2, 0.25) is 0 Å². The molecule has 0 radical (unpaired) electrons. The molecule has 61 heavy (non-hydrogen) atoms. The largest absolute Gasteiger partial charge is 0.472 e. The van der Waals surface area contributed by atoms with E-state index < -0.39 is 91.3 Å². The Morgan fingerprint density at radius 1 is 0.557 bits per heavy atom. The zero-order valence-electron chi connectivity index (χ0n) is 33.8. The Kier molecular flexibility index (Phi) is 27.8. The van der Waals surface area contributed by atoms with Crippen molar-refractivity contribution < 1.29 is 90.6 Å². The highest BCUT2D eigenvalue weighted by molar-refractivity contribution is 7.47. The van der Waals surface area contributed by atoms with Gasteiger partial charge in [-0.25, -0.2) is 18.5 Å². The first-order chi connectivity index (χ1) is 28.8. The Morgan fingerprint density at radius 3 is 1.46 bits per heavy atom. The molecular weight excluding hydrogens is 865 g/mol. The quantitative estimate of drug-likeness (QED) is 0.0203. The van der Waals surface area contributed by atoms with Crippen molar-refractivity contribution in [3.05, 3.63) is 0 Å². The van der Waals surface area contributed by atoms with Gasteiger partial charge in [-0.15, -0.1) is 0 Å². The summed E-state index contributed by atoms with van der Waals surface area (Å²) in [6.07, 6.45) is -2.99. The van der Waals surface area contributed by atoms with Gasteiger partial charge in [0.1, 0.15) is 43.2 Å². The smallest absolute Gasteiger partial charge is 0.456 e. The molecule has 0 aromatic carbocycles. The van der Waals surface area contributed by atoms with Crippen LogP contribution in [0.2, 0.25) is 0 Å². The number of hydrogen-bond acceptors (Lipinski definition) is 14. The molecule has 1 aliphatic rings. The van der Waals surface area contributed by atoms with Crippen LogP contribution in [0.3, 0.4) is 0 Å². The Hall–Kier alpha value is -3.49. The van der Waals surface area contributed by atoms with Gasteiger partial charge in [-0.3, -0.25) is 22.9 Å². The first-order valence-electron chi connectivity index (χ1n) is 19.3. The lowest BCUT2D eigenvalue weighted by atomic mass is 9.85. The Morgan fingerprint density at radius 2 is 0.984 bits per heavy atom. The van der Waals surface area contributed by atoms with E-state index in [0.717, 1.165) is 25.7 Å².